The molecule has 0 aliphatic carbocycles. The van der Waals surface area contributed by atoms with Gasteiger partial charge in [-0.15, -0.1) is 0 Å². The van der Waals surface area contributed by atoms with Gasteiger partial charge in [-0.1, -0.05) is 42.5 Å². The van der Waals surface area contributed by atoms with Gasteiger partial charge in [-0.05, 0) is 55.5 Å². The molecule has 0 aromatic heterocycles. The van der Waals surface area contributed by atoms with Crippen LogP contribution in [0, 0.1) is 0 Å². The first kappa shape index (κ1) is 15.8. The van der Waals surface area contributed by atoms with E-state index in [0.717, 1.165) is 19.5 Å². The largest absolute Gasteiger partial charge is 0.478 e. The summed E-state index contributed by atoms with van der Waals surface area (Å²) in [5.41, 5.74) is 2.96. The fourth-order valence-corrected chi connectivity index (χ4v) is 3.40. The Morgan fingerprint density at radius 1 is 1.04 bits per heavy atom. The lowest BCUT2D eigenvalue weighted by atomic mass is 10.0. The zero-order chi connectivity index (χ0) is 16.1. The fraction of sp³-hybridized carbons (Fsp3) is 0.350. The molecular formula is C20H23NO2. The highest BCUT2D eigenvalue weighted by molar-refractivity contribution is 5.87. The van der Waals surface area contributed by atoms with Crippen LogP contribution in [0.2, 0.25) is 0 Å². The Hall–Kier alpha value is -2.13. The number of likely N-dealkylation sites (tertiary alicyclic amines) is 1. The van der Waals surface area contributed by atoms with Crippen LogP contribution in [0.1, 0.15) is 40.7 Å². The summed E-state index contributed by atoms with van der Waals surface area (Å²) in [7, 11) is 0. The number of carboxylic acid groups (broad SMARTS) is 1. The number of hydrogen-bond donors (Lipinski definition) is 1. The van der Waals surface area contributed by atoms with Crippen molar-refractivity contribution in [3.8, 4) is 0 Å². The van der Waals surface area contributed by atoms with E-state index in [4.69, 9.17) is 5.11 Å². The van der Waals surface area contributed by atoms with Gasteiger partial charge in [0.2, 0.25) is 0 Å². The highest BCUT2D eigenvalue weighted by Crippen LogP contribution is 2.24. The molecule has 1 aliphatic rings. The van der Waals surface area contributed by atoms with E-state index in [9.17, 15) is 4.79 Å². The molecule has 1 fully saturated rings. The molecule has 2 aromatic rings. The van der Waals surface area contributed by atoms with Crippen molar-refractivity contribution in [2.75, 3.05) is 6.54 Å². The predicted octanol–water partition coefficient (Wildman–Crippen LogP) is 3.98. The predicted molar refractivity (Wildman–Crippen MR) is 91.6 cm³/mol. The summed E-state index contributed by atoms with van der Waals surface area (Å²) in [6, 6.07) is 18.6. The first-order valence-electron chi connectivity index (χ1n) is 8.32. The van der Waals surface area contributed by atoms with Crippen molar-refractivity contribution in [2.45, 2.75) is 38.3 Å². The molecule has 1 aliphatic heterocycles. The van der Waals surface area contributed by atoms with E-state index >= 15 is 0 Å². The molecule has 0 spiro atoms. The molecule has 1 N–H and O–H groups in total. The summed E-state index contributed by atoms with van der Waals surface area (Å²) in [4.78, 5) is 13.5. The van der Waals surface area contributed by atoms with Crippen molar-refractivity contribution >= 4 is 5.97 Å². The Labute approximate surface area is 137 Å². The van der Waals surface area contributed by atoms with Gasteiger partial charge < -0.3 is 5.11 Å². The second-order valence-electron chi connectivity index (χ2n) is 6.29. The molecule has 2 aromatic carbocycles. The number of hydrogen-bond acceptors (Lipinski definition) is 2. The molecule has 0 saturated carbocycles. The highest BCUT2D eigenvalue weighted by Gasteiger charge is 2.24. The van der Waals surface area contributed by atoms with E-state index in [0.29, 0.717) is 11.6 Å². The van der Waals surface area contributed by atoms with Gasteiger partial charge >= 0.3 is 5.97 Å². The van der Waals surface area contributed by atoms with Crippen LogP contribution in [0.15, 0.2) is 54.6 Å². The molecule has 1 saturated heterocycles. The lowest BCUT2D eigenvalue weighted by molar-refractivity contribution is 0.0697. The topological polar surface area (TPSA) is 40.5 Å². The maximum absolute atomic E-state index is 10.9. The van der Waals surface area contributed by atoms with E-state index in [1.54, 1.807) is 12.1 Å². The molecule has 3 nitrogen and oxygen atoms in total. The third-order valence-corrected chi connectivity index (χ3v) is 4.69. The van der Waals surface area contributed by atoms with E-state index in [1.165, 1.54) is 30.4 Å². The van der Waals surface area contributed by atoms with Crippen LogP contribution < -0.4 is 0 Å². The number of carboxylic acids is 1. The second-order valence-corrected chi connectivity index (χ2v) is 6.29. The van der Waals surface area contributed by atoms with Crippen LogP contribution >= 0.6 is 0 Å². The Morgan fingerprint density at radius 2 is 1.78 bits per heavy atom. The Kier molecular flexibility index (Phi) is 5.09. The van der Waals surface area contributed by atoms with Gasteiger partial charge in [-0.25, -0.2) is 4.79 Å². The molecule has 23 heavy (non-hydrogen) atoms. The molecule has 0 radical (unpaired) electrons. The third-order valence-electron chi connectivity index (χ3n) is 4.69. The Morgan fingerprint density at radius 3 is 2.48 bits per heavy atom. The molecule has 1 unspecified atom stereocenters. The van der Waals surface area contributed by atoms with Gasteiger partial charge in [0.1, 0.15) is 0 Å². The lowest BCUT2D eigenvalue weighted by Gasteiger charge is -2.24. The maximum Gasteiger partial charge on any atom is 0.335 e. The van der Waals surface area contributed by atoms with Crippen LogP contribution in [-0.4, -0.2) is 28.6 Å². The molecule has 1 heterocycles. The summed E-state index contributed by atoms with van der Waals surface area (Å²) in [5, 5.41) is 8.97. The van der Waals surface area contributed by atoms with E-state index in [-0.39, 0.29) is 0 Å². The quantitative estimate of drug-likeness (QED) is 0.877. The first-order chi connectivity index (χ1) is 11.2. The van der Waals surface area contributed by atoms with Crippen LogP contribution in [0.4, 0.5) is 0 Å². The SMILES string of the molecule is O=C(O)c1ccc(CN2CCCC2CCc2ccccc2)cc1. The van der Waals surface area contributed by atoms with Crippen LogP contribution in [0.5, 0.6) is 0 Å². The molecular weight excluding hydrogens is 286 g/mol. The summed E-state index contributed by atoms with van der Waals surface area (Å²) >= 11 is 0. The molecule has 1 atom stereocenters. The van der Waals surface area contributed by atoms with Crippen molar-refractivity contribution in [3.63, 3.8) is 0 Å². The average Bonchev–Trinajstić information content (AvgIpc) is 3.01. The first-order valence-corrected chi connectivity index (χ1v) is 8.32. The van der Waals surface area contributed by atoms with Crippen LogP contribution in [-0.2, 0) is 13.0 Å². The second kappa shape index (κ2) is 7.42. The standard InChI is InChI=1S/C20H23NO2/c22-20(23)18-11-8-17(9-12-18)15-21-14-4-7-19(21)13-10-16-5-2-1-3-6-16/h1-3,5-6,8-9,11-12,19H,4,7,10,13-15H2,(H,22,23). The number of benzene rings is 2. The lowest BCUT2D eigenvalue weighted by Crippen LogP contribution is -2.29. The van der Waals surface area contributed by atoms with Gasteiger partial charge in [-0.3, -0.25) is 4.90 Å². The molecule has 120 valence electrons. The van der Waals surface area contributed by atoms with Gasteiger partial charge in [0.05, 0.1) is 5.56 Å². The van der Waals surface area contributed by atoms with Crippen molar-refractivity contribution < 1.29 is 9.90 Å². The smallest absolute Gasteiger partial charge is 0.335 e. The average molecular weight is 309 g/mol. The number of aryl methyl sites for hydroxylation is 1. The van der Waals surface area contributed by atoms with E-state index in [2.05, 4.69) is 35.2 Å². The molecule has 0 amide bonds. The minimum Gasteiger partial charge on any atom is -0.478 e. The van der Waals surface area contributed by atoms with E-state index in [1.807, 2.05) is 12.1 Å². The van der Waals surface area contributed by atoms with Crippen molar-refractivity contribution in [2.24, 2.45) is 0 Å². The summed E-state index contributed by atoms with van der Waals surface area (Å²) in [6.45, 7) is 2.06. The monoisotopic (exact) mass is 309 g/mol. The normalized spacial score (nSPS) is 18.2. The molecule has 0 bridgehead atoms. The Balaban J connectivity index is 1.57. The van der Waals surface area contributed by atoms with Crippen LogP contribution in [0.3, 0.4) is 0 Å². The van der Waals surface area contributed by atoms with E-state index < -0.39 is 5.97 Å². The Bertz CT molecular complexity index is 636. The zero-order valence-corrected chi connectivity index (χ0v) is 13.3. The van der Waals surface area contributed by atoms with Crippen molar-refractivity contribution in [1.82, 2.24) is 4.90 Å². The zero-order valence-electron chi connectivity index (χ0n) is 13.3. The van der Waals surface area contributed by atoms with Gasteiger partial charge in [0, 0.05) is 12.6 Å². The maximum atomic E-state index is 10.9. The summed E-state index contributed by atoms with van der Waals surface area (Å²) < 4.78 is 0. The minimum absolute atomic E-state index is 0.357. The van der Waals surface area contributed by atoms with Gasteiger partial charge in [0.15, 0.2) is 0 Å². The third kappa shape index (κ3) is 4.20. The van der Waals surface area contributed by atoms with Crippen LogP contribution in [0.25, 0.3) is 0 Å². The number of rotatable bonds is 6. The van der Waals surface area contributed by atoms with Gasteiger partial charge in [0.25, 0.3) is 0 Å². The van der Waals surface area contributed by atoms with Gasteiger partial charge in [-0.2, -0.15) is 0 Å². The summed E-state index contributed by atoms with van der Waals surface area (Å²) in [6.07, 6.45) is 4.84. The number of aromatic carboxylic acids is 1. The molecule has 3 heteroatoms. The highest BCUT2D eigenvalue weighted by atomic mass is 16.4. The molecule has 3 rings (SSSR count). The fourth-order valence-electron chi connectivity index (χ4n) is 3.40. The number of carbonyl (C=O) groups is 1. The number of nitrogens with zero attached hydrogens (tertiary/aromatic N) is 1. The minimum atomic E-state index is -0.863. The van der Waals surface area contributed by atoms with Crippen molar-refractivity contribution in [1.29, 1.82) is 0 Å². The summed E-state index contributed by atoms with van der Waals surface area (Å²) in [5.74, 6) is -0.863. The van der Waals surface area contributed by atoms with Crippen molar-refractivity contribution in [3.05, 3.63) is 71.3 Å².